The van der Waals surface area contributed by atoms with E-state index in [1.807, 2.05) is 0 Å². The molecule has 0 bridgehead atoms. The lowest BCUT2D eigenvalue weighted by atomic mass is 10.1. The average Bonchev–Trinajstić information content (AvgIpc) is 3.24. The third-order valence-electron chi connectivity index (χ3n) is 4.07. The molecule has 12 heteroatoms. The number of nitro benzene ring substituents is 1. The second kappa shape index (κ2) is 13.9. The predicted octanol–water partition coefficient (Wildman–Crippen LogP) is 0.200. The molecule has 1 heterocycles. The highest BCUT2D eigenvalue weighted by atomic mass is 17.2. The van der Waals surface area contributed by atoms with E-state index in [1.165, 1.54) is 6.07 Å². The SMILES string of the molecule is O=C(CCOCCNCCCNCc1ccc([N+](=O)[O-])c(CO)c1)ON1OCCO1. The fraction of sp³-hybridized carbons (Fsp3) is 0.611. The van der Waals surface area contributed by atoms with Crippen LogP contribution in [0.4, 0.5) is 5.69 Å². The molecule has 0 aliphatic carbocycles. The number of nitrogens with one attached hydrogen (secondary N) is 2. The van der Waals surface area contributed by atoms with Crippen LogP contribution in [0.3, 0.4) is 0 Å². The summed E-state index contributed by atoms with van der Waals surface area (Å²) >= 11 is 0. The van der Waals surface area contributed by atoms with Crippen molar-refractivity contribution in [1.29, 1.82) is 0 Å². The Kier molecular flexibility index (Phi) is 11.2. The minimum absolute atomic E-state index is 0.0702. The van der Waals surface area contributed by atoms with E-state index >= 15 is 0 Å². The second-order valence-corrected chi connectivity index (χ2v) is 6.37. The van der Waals surface area contributed by atoms with Crippen LogP contribution >= 0.6 is 0 Å². The van der Waals surface area contributed by atoms with Crippen LogP contribution in [-0.2, 0) is 37.2 Å². The van der Waals surface area contributed by atoms with E-state index in [-0.39, 0.29) is 25.3 Å². The van der Waals surface area contributed by atoms with Gasteiger partial charge in [-0.1, -0.05) is 6.07 Å². The largest absolute Gasteiger partial charge is 0.391 e. The van der Waals surface area contributed by atoms with Crippen LogP contribution in [0.1, 0.15) is 24.0 Å². The molecule has 1 fully saturated rings. The summed E-state index contributed by atoms with van der Waals surface area (Å²) in [6.45, 7) is 3.87. The van der Waals surface area contributed by atoms with Gasteiger partial charge >= 0.3 is 5.97 Å². The standard InChI is InChI=1S/C18H28N4O8/c23-14-16-12-15(2-3-17(16)21(25)26)13-20-6-1-5-19-7-9-27-8-4-18(24)30-22-28-10-11-29-22/h2-3,12,19-20,23H,1,4-11,13-14H2. The number of carbonyl (C=O) groups excluding carboxylic acids is 1. The van der Waals surface area contributed by atoms with Crippen molar-refractivity contribution in [2.24, 2.45) is 0 Å². The molecule has 30 heavy (non-hydrogen) atoms. The van der Waals surface area contributed by atoms with Crippen LogP contribution < -0.4 is 10.6 Å². The van der Waals surface area contributed by atoms with Crippen LogP contribution in [0.2, 0.25) is 0 Å². The highest BCUT2D eigenvalue weighted by molar-refractivity contribution is 5.68. The van der Waals surface area contributed by atoms with Gasteiger partial charge in [0.2, 0.25) is 0 Å². The van der Waals surface area contributed by atoms with Gasteiger partial charge in [0.1, 0.15) is 18.6 Å². The molecule has 1 aliphatic heterocycles. The fourth-order valence-corrected chi connectivity index (χ4v) is 2.59. The summed E-state index contributed by atoms with van der Waals surface area (Å²) in [7, 11) is 0. The second-order valence-electron chi connectivity index (χ2n) is 6.37. The summed E-state index contributed by atoms with van der Waals surface area (Å²) in [5.74, 6) is -0.491. The fourth-order valence-electron chi connectivity index (χ4n) is 2.59. The van der Waals surface area contributed by atoms with Gasteiger partial charge in [-0.25, -0.2) is 9.68 Å². The van der Waals surface area contributed by atoms with Gasteiger partial charge in [0.25, 0.3) is 5.69 Å². The molecule has 3 N–H and O–H groups in total. The van der Waals surface area contributed by atoms with Gasteiger partial charge in [0.05, 0.1) is 36.7 Å². The van der Waals surface area contributed by atoms with Gasteiger partial charge in [-0.15, -0.1) is 0 Å². The van der Waals surface area contributed by atoms with Crippen molar-refractivity contribution in [1.82, 2.24) is 16.0 Å². The minimum atomic E-state index is -0.498. The van der Waals surface area contributed by atoms with E-state index in [0.29, 0.717) is 43.9 Å². The molecule has 0 unspecified atom stereocenters. The topological polar surface area (TPSA) is 145 Å². The number of aliphatic hydroxyl groups is 1. The van der Waals surface area contributed by atoms with Crippen molar-refractivity contribution in [2.75, 3.05) is 46.1 Å². The first-order chi connectivity index (χ1) is 14.6. The summed E-state index contributed by atoms with van der Waals surface area (Å²) in [6.07, 6.45) is 0.996. The lowest BCUT2D eigenvalue weighted by Gasteiger charge is -2.10. The molecule has 1 aromatic rings. The van der Waals surface area contributed by atoms with E-state index in [4.69, 9.17) is 19.2 Å². The number of nitro groups is 1. The van der Waals surface area contributed by atoms with Gasteiger partial charge in [0.15, 0.2) is 0 Å². The normalized spacial score (nSPS) is 14.2. The lowest BCUT2D eigenvalue weighted by molar-refractivity contribution is -0.460. The molecule has 0 aromatic heterocycles. The molecule has 1 aliphatic rings. The molecule has 0 radical (unpaired) electrons. The first-order valence-electron chi connectivity index (χ1n) is 9.73. The molecular formula is C18H28N4O8. The summed E-state index contributed by atoms with van der Waals surface area (Å²) in [5.41, 5.74) is 1.12. The van der Waals surface area contributed by atoms with Crippen molar-refractivity contribution in [3.63, 3.8) is 0 Å². The molecular weight excluding hydrogens is 400 g/mol. The minimum Gasteiger partial charge on any atom is -0.391 e. The lowest BCUT2D eigenvalue weighted by Crippen LogP contribution is -2.25. The maximum Gasteiger partial charge on any atom is 0.333 e. The zero-order valence-electron chi connectivity index (χ0n) is 16.7. The van der Waals surface area contributed by atoms with Gasteiger partial charge < -0.3 is 25.3 Å². The van der Waals surface area contributed by atoms with E-state index in [0.717, 1.165) is 25.1 Å². The van der Waals surface area contributed by atoms with Gasteiger partial charge in [-0.2, -0.15) is 0 Å². The monoisotopic (exact) mass is 428 g/mol. The Morgan fingerprint density at radius 2 is 1.97 bits per heavy atom. The van der Waals surface area contributed by atoms with Gasteiger partial charge in [-0.05, 0) is 31.1 Å². The molecule has 12 nitrogen and oxygen atoms in total. The van der Waals surface area contributed by atoms with Crippen molar-refractivity contribution in [2.45, 2.75) is 26.0 Å². The number of hydrogen-bond acceptors (Lipinski definition) is 11. The summed E-state index contributed by atoms with van der Waals surface area (Å²) in [4.78, 5) is 36.3. The number of nitrogens with zero attached hydrogens (tertiary/aromatic N) is 2. The first kappa shape index (κ1) is 24.1. The van der Waals surface area contributed by atoms with E-state index in [1.54, 1.807) is 12.1 Å². The van der Waals surface area contributed by atoms with Crippen LogP contribution in [0.25, 0.3) is 0 Å². The van der Waals surface area contributed by atoms with E-state index in [2.05, 4.69) is 10.6 Å². The van der Waals surface area contributed by atoms with Crippen LogP contribution in [-0.4, -0.2) is 67.5 Å². The number of carbonyl (C=O) groups is 1. The Bertz CT molecular complexity index is 670. The number of rotatable bonds is 15. The highest BCUT2D eigenvalue weighted by Gasteiger charge is 2.18. The number of aliphatic hydroxyl groups excluding tert-OH is 1. The highest BCUT2D eigenvalue weighted by Crippen LogP contribution is 2.19. The van der Waals surface area contributed by atoms with Gasteiger partial charge in [0, 0.05) is 19.2 Å². The van der Waals surface area contributed by atoms with Crippen LogP contribution in [0.5, 0.6) is 0 Å². The van der Waals surface area contributed by atoms with Gasteiger partial charge in [-0.3, -0.25) is 14.9 Å². The Hall–Kier alpha value is -2.19. The Labute approximate surface area is 174 Å². The van der Waals surface area contributed by atoms with Crippen molar-refractivity contribution in [3.05, 3.63) is 39.4 Å². The van der Waals surface area contributed by atoms with Crippen molar-refractivity contribution < 1.29 is 34.1 Å². The van der Waals surface area contributed by atoms with E-state index in [9.17, 15) is 20.0 Å². The van der Waals surface area contributed by atoms with Crippen molar-refractivity contribution in [3.8, 4) is 0 Å². The average molecular weight is 428 g/mol. The third kappa shape index (κ3) is 9.09. The zero-order valence-corrected chi connectivity index (χ0v) is 16.7. The molecule has 0 amide bonds. The number of hydrogen-bond donors (Lipinski definition) is 3. The maximum absolute atomic E-state index is 11.5. The molecule has 0 atom stereocenters. The molecule has 168 valence electrons. The zero-order chi connectivity index (χ0) is 21.6. The Balaban J connectivity index is 1.42. The summed E-state index contributed by atoms with van der Waals surface area (Å²) < 4.78 is 5.36. The molecule has 0 saturated carbocycles. The summed E-state index contributed by atoms with van der Waals surface area (Å²) in [5, 5.41) is 27.3. The third-order valence-corrected chi connectivity index (χ3v) is 4.07. The molecule has 2 rings (SSSR count). The summed E-state index contributed by atoms with van der Waals surface area (Å²) in [6, 6.07) is 4.74. The molecule has 1 saturated heterocycles. The van der Waals surface area contributed by atoms with Crippen LogP contribution in [0, 0.1) is 10.1 Å². The number of ether oxygens (including phenoxy) is 1. The first-order valence-corrected chi connectivity index (χ1v) is 9.73. The number of benzene rings is 1. The quantitative estimate of drug-likeness (QED) is 0.200. The molecule has 1 aromatic carbocycles. The Morgan fingerprint density at radius 3 is 2.70 bits per heavy atom. The van der Waals surface area contributed by atoms with E-state index < -0.39 is 10.9 Å². The maximum atomic E-state index is 11.5. The van der Waals surface area contributed by atoms with Crippen LogP contribution in [0.15, 0.2) is 18.2 Å². The van der Waals surface area contributed by atoms with Crippen molar-refractivity contribution >= 4 is 11.7 Å². The smallest absolute Gasteiger partial charge is 0.333 e. The predicted molar refractivity (Wildman–Crippen MR) is 103 cm³/mol. The molecule has 0 spiro atoms. The Morgan fingerprint density at radius 1 is 1.20 bits per heavy atom.